The molecule has 5 heteroatoms. The Morgan fingerprint density at radius 3 is 3.13 bits per heavy atom. The lowest BCUT2D eigenvalue weighted by Gasteiger charge is -2.35. The molecule has 1 amide bonds. The zero-order valence-corrected chi connectivity index (χ0v) is 15.0. The third-order valence-electron chi connectivity index (χ3n) is 4.30. The summed E-state index contributed by atoms with van der Waals surface area (Å²) in [4.78, 5) is 18.7. The van der Waals surface area contributed by atoms with Crippen LogP contribution < -0.4 is 10.2 Å². The molecule has 1 fully saturated rings. The number of rotatable bonds is 4. The van der Waals surface area contributed by atoms with Crippen LogP contribution in [0.1, 0.15) is 32.6 Å². The Labute approximate surface area is 145 Å². The van der Waals surface area contributed by atoms with Crippen LogP contribution in [0.5, 0.6) is 0 Å². The van der Waals surface area contributed by atoms with Gasteiger partial charge in [-0.1, -0.05) is 19.1 Å². The summed E-state index contributed by atoms with van der Waals surface area (Å²) in [6.07, 6.45) is 5.52. The van der Waals surface area contributed by atoms with Gasteiger partial charge in [0.1, 0.15) is 0 Å². The summed E-state index contributed by atoms with van der Waals surface area (Å²) in [5.74, 6) is 0.168. The number of hydrogen-bond acceptors (Lipinski definition) is 3. The van der Waals surface area contributed by atoms with Crippen molar-refractivity contribution in [3.8, 4) is 0 Å². The average molecular weight is 376 g/mol. The summed E-state index contributed by atoms with van der Waals surface area (Å²) < 4.78 is 1.02. The van der Waals surface area contributed by atoms with E-state index in [0.29, 0.717) is 6.42 Å². The minimum absolute atomic E-state index is 0.168. The smallest absolute Gasteiger partial charge is 0.220 e. The first-order valence-electron chi connectivity index (χ1n) is 8.26. The maximum atomic E-state index is 11.9. The largest absolute Gasteiger partial charge is 0.369 e. The fourth-order valence-corrected chi connectivity index (χ4v) is 3.71. The molecule has 0 bridgehead atoms. The molecule has 1 N–H and O–H groups in total. The number of anilines is 1. The highest BCUT2D eigenvalue weighted by Crippen LogP contribution is 2.31. The number of carbonyl (C=O) groups is 1. The lowest BCUT2D eigenvalue weighted by Crippen LogP contribution is -2.47. The van der Waals surface area contributed by atoms with Crippen LogP contribution in [0.25, 0.3) is 10.9 Å². The topological polar surface area (TPSA) is 45.2 Å². The minimum atomic E-state index is 0.168. The van der Waals surface area contributed by atoms with Gasteiger partial charge >= 0.3 is 0 Å². The van der Waals surface area contributed by atoms with E-state index in [2.05, 4.69) is 43.3 Å². The van der Waals surface area contributed by atoms with Gasteiger partial charge in [-0.2, -0.15) is 0 Å². The number of halogens is 1. The zero-order chi connectivity index (χ0) is 16.2. The molecular weight excluding hydrogens is 354 g/mol. The van der Waals surface area contributed by atoms with E-state index < -0.39 is 0 Å². The van der Waals surface area contributed by atoms with Gasteiger partial charge in [-0.15, -0.1) is 0 Å². The van der Waals surface area contributed by atoms with Crippen molar-refractivity contribution < 1.29 is 4.79 Å². The Balaban J connectivity index is 1.82. The normalized spacial score (nSPS) is 18.2. The highest BCUT2D eigenvalue weighted by Gasteiger charge is 2.22. The standard InChI is InChI=1S/C18H22BrN3O/c1-2-5-17(23)21-13-6-4-11-22(12-13)16-9-10-20-18-14(16)7-3-8-15(18)19/h3,7-10,13H,2,4-6,11-12H2,1H3,(H,21,23). The number of carbonyl (C=O) groups excluding carboxylic acids is 1. The highest BCUT2D eigenvalue weighted by molar-refractivity contribution is 9.10. The maximum Gasteiger partial charge on any atom is 0.220 e. The van der Waals surface area contributed by atoms with Gasteiger partial charge in [0, 0.05) is 47.3 Å². The van der Waals surface area contributed by atoms with Gasteiger partial charge in [-0.3, -0.25) is 9.78 Å². The molecule has 1 aliphatic rings. The van der Waals surface area contributed by atoms with Gasteiger partial charge in [-0.25, -0.2) is 0 Å². The first kappa shape index (κ1) is 16.2. The van der Waals surface area contributed by atoms with Crippen molar-refractivity contribution in [3.63, 3.8) is 0 Å². The summed E-state index contributed by atoms with van der Waals surface area (Å²) in [6, 6.07) is 8.48. The van der Waals surface area contributed by atoms with Crippen molar-refractivity contribution in [2.75, 3.05) is 18.0 Å². The van der Waals surface area contributed by atoms with Gasteiger partial charge < -0.3 is 10.2 Å². The fourth-order valence-electron chi connectivity index (χ4n) is 3.24. The zero-order valence-electron chi connectivity index (χ0n) is 13.4. The van der Waals surface area contributed by atoms with Crippen molar-refractivity contribution >= 4 is 38.4 Å². The second-order valence-corrected chi connectivity index (χ2v) is 6.92. The van der Waals surface area contributed by atoms with E-state index in [4.69, 9.17) is 0 Å². The van der Waals surface area contributed by atoms with Crippen LogP contribution in [-0.4, -0.2) is 30.0 Å². The molecule has 0 aliphatic carbocycles. The number of nitrogens with one attached hydrogen (secondary N) is 1. The van der Waals surface area contributed by atoms with Crippen LogP contribution in [-0.2, 0) is 4.79 Å². The third-order valence-corrected chi connectivity index (χ3v) is 4.94. The molecule has 1 aliphatic heterocycles. The molecule has 0 saturated carbocycles. The van der Waals surface area contributed by atoms with Crippen molar-refractivity contribution in [1.82, 2.24) is 10.3 Å². The molecule has 2 aromatic rings. The molecule has 1 atom stereocenters. The van der Waals surface area contributed by atoms with Gasteiger partial charge in [0.15, 0.2) is 0 Å². The highest BCUT2D eigenvalue weighted by atomic mass is 79.9. The molecule has 1 unspecified atom stereocenters. The Morgan fingerprint density at radius 2 is 2.30 bits per heavy atom. The number of piperidine rings is 1. The van der Waals surface area contributed by atoms with E-state index in [0.717, 1.165) is 47.7 Å². The predicted molar refractivity (Wildman–Crippen MR) is 97.7 cm³/mol. The van der Waals surface area contributed by atoms with E-state index in [1.807, 2.05) is 25.3 Å². The molecule has 3 rings (SSSR count). The first-order valence-corrected chi connectivity index (χ1v) is 9.06. The summed E-state index contributed by atoms with van der Waals surface area (Å²) >= 11 is 3.58. The average Bonchev–Trinajstić information content (AvgIpc) is 2.55. The van der Waals surface area contributed by atoms with Crippen molar-refractivity contribution in [2.24, 2.45) is 0 Å². The number of nitrogens with zero attached hydrogens (tertiary/aromatic N) is 2. The van der Waals surface area contributed by atoms with Crippen molar-refractivity contribution in [2.45, 2.75) is 38.6 Å². The van der Waals surface area contributed by atoms with Crippen LogP contribution in [0, 0.1) is 0 Å². The van der Waals surface area contributed by atoms with Crippen molar-refractivity contribution in [1.29, 1.82) is 0 Å². The minimum Gasteiger partial charge on any atom is -0.369 e. The summed E-state index contributed by atoms with van der Waals surface area (Å²) in [5.41, 5.74) is 2.19. The Hall–Kier alpha value is -1.62. The van der Waals surface area contributed by atoms with E-state index >= 15 is 0 Å². The number of hydrogen-bond donors (Lipinski definition) is 1. The lowest BCUT2D eigenvalue weighted by molar-refractivity contribution is -0.121. The number of amides is 1. The van der Waals surface area contributed by atoms with Crippen LogP contribution in [0.2, 0.25) is 0 Å². The molecule has 122 valence electrons. The van der Waals surface area contributed by atoms with Crippen LogP contribution in [0.3, 0.4) is 0 Å². The molecule has 0 radical (unpaired) electrons. The molecule has 2 heterocycles. The second kappa shape index (κ2) is 7.30. The van der Waals surface area contributed by atoms with E-state index in [9.17, 15) is 4.79 Å². The van der Waals surface area contributed by atoms with E-state index in [-0.39, 0.29) is 11.9 Å². The van der Waals surface area contributed by atoms with Crippen LogP contribution >= 0.6 is 15.9 Å². The lowest BCUT2D eigenvalue weighted by atomic mass is 10.0. The van der Waals surface area contributed by atoms with E-state index in [1.54, 1.807) is 0 Å². The van der Waals surface area contributed by atoms with Crippen LogP contribution in [0.4, 0.5) is 5.69 Å². The van der Waals surface area contributed by atoms with Gasteiger partial charge in [0.25, 0.3) is 0 Å². The summed E-state index contributed by atoms with van der Waals surface area (Å²) in [5, 5.41) is 4.33. The number of aromatic nitrogens is 1. The van der Waals surface area contributed by atoms with Gasteiger partial charge in [0.2, 0.25) is 5.91 Å². The molecule has 23 heavy (non-hydrogen) atoms. The number of benzene rings is 1. The molecule has 1 saturated heterocycles. The van der Waals surface area contributed by atoms with Crippen LogP contribution in [0.15, 0.2) is 34.9 Å². The number of fused-ring (bicyclic) bond motifs is 1. The number of para-hydroxylation sites is 1. The fraction of sp³-hybridized carbons (Fsp3) is 0.444. The van der Waals surface area contributed by atoms with Crippen molar-refractivity contribution in [3.05, 3.63) is 34.9 Å². The Morgan fingerprint density at radius 1 is 1.43 bits per heavy atom. The van der Waals surface area contributed by atoms with Gasteiger partial charge in [0.05, 0.1) is 5.52 Å². The van der Waals surface area contributed by atoms with Gasteiger partial charge in [-0.05, 0) is 47.3 Å². The SMILES string of the molecule is CCCC(=O)NC1CCCN(c2ccnc3c(Br)cccc23)C1. The molecule has 0 spiro atoms. The first-order chi connectivity index (χ1) is 11.2. The monoisotopic (exact) mass is 375 g/mol. The second-order valence-electron chi connectivity index (χ2n) is 6.07. The molecule has 4 nitrogen and oxygen atoms in total. The summed E-state index contributed by atoms with van der Waals surface area (Å²) in [6.45, 7) is 3.92. The molecule has 1 aromatic carbocycles. The number of pyridine rings is 1. The third kappa shape index (κ3) is 3.66. The summed E-state index contributed by atoms with van der Waals surface area (Å²) in [7, 11) is 0. The van der Waals surface area contributed by atoms with E-state index in [1.165, 1.54) is 5.69 Å². The molecule has 1 aromatic heterocycles. The quantitative estimate of drug-likeness (QED) is 0.881. The maximum absolute atomic E-state index is 11.9. The predicted octanol–water partition coefficient (Wildman–Crippen LogP) is 3.88. The Kier molecular flexibility index (Phi) is 5.16. The molecular formula is C18H22BrN3O. The Bertz CT molecular complexity index is 704.